The highest BCUT2D eigenvalue weighted by molar-refractivity contribution is 6.36. The van der Waals surface area contributed by atoms with E-state index in [-0.39, 0.29) is 6.04 Å². The SMILES string of the molecule is CC(C)(C)OC(=O)[C@H]1CC(NCc2cccc(-c3cnc(N)c(CCc4c(Cl)cccc4Cl)n3)c2)CCN1C(=O)OC(C)(C)C. The lowest BCUT2D eigenvalue weighted by atomic mass is 9.96. The summed E-state index contributed by atoms with van der Waals surface area (Å²) in [5.41, 5.74) is 9.02. The number of esters is 1. The second-order valence-corrected chi connectivity index (χ2v) is 14.1. The number of ether oxygens (including phenoxy) is 2. The molecule has 2 heterocycles. The molecule has 1 unspecified atom stereocenters. The van der Waals surface area contributed by atoms with E-state index in [1.165, 1.54) is 4.90 Å². The summed E-state index contributed by atoms with van der Waals surface area (Å²) in [7, 11) is 0. The molecule has 0 saturated carbocycles. The third kappa shape index (κ3) is 9.79. The van der Waals surface area contributed by atoms with Gasteiger partial charge in [-0.05, 0) is 96.6 Å². The molecule has 1 saturated heterocycles. The van der Waals surface area contributed by atoms with Crippen LogP contribution in [0.25, 0.3) is 11.3 Å². The van der Waals surface area contributed by atoms with Crippen LogP contribution in [0.3, 0.4) is 0 Å². The molecule has 0 spiro atoms. The first kappa shape index (κ1) is 34.5. The number of nitrogen functional groups attached to an aromatic ring is 1. The number of anilines is 1. The average Bonchev–Trinajstić information content (AvgIpc) is 2.95. The van der Waals surface area contributed by atoms with Gasteiger partial charge in [0.2, 0.25) is 0 Å². The quantitative estimate of drug-likeness (QED) is 0.249. The second kappa shape index (κ2) is 14.4. The molecule has 11 heteroatoms. The Morgan fingerprint density at radius 3 is 2.33 bits per heavy atom. The molecule has 4 rings (SSSR count). The van der Waals surface area contributed by atoms with Crippen molar-refractivity contribution >= 4 is 41.1 Å². The van der Waals surface area contributed by atoms with Gasteiger partial charge in [-0.25, -0.2) is 19.6 Å². The van der Waals surface area contributed by atoms with Crippen molar-refractivity contribution in [2.24, 2.45) is 0 Å². The van der Waals surface area contributed by atoms with Crippen molar-refractivity contribution in [1.29, 1.82) is 0 Å². The van der Waals surface area contributed by atoms with E-state index in [1.807, 2.05) is 77.9 Å². The number of likely N-dealkylation sites (tertiary alicyclic amines) is 1. The molecule has 1 aliphatic heterocycles. The lowest BCUT2D eigenvalue weighted by Gasteiger charge is -2.39. The maximum atomic E-state index is 13.2. The third-order valence-corrected chi connectivity index (χ3v) is 7.99. The molecule has 1 aromatic heterocycles. The fourth-order valence-corrected chi connectivity index (χ4v) is 5.75. The highest BCUT2D eigenvalue weighted by atomic mass is 35.5. The molecule has 1 fully saturated rings. The van der Waals surface area contributed by atoms with Crippen molar-refractivity contribution in [2.45, 2.75) is 97.1 Å². The molecule has 2 aromatic carbocycles. The first-order valence-corrected chi connectivity index (χ1v) is 15.9. The summed E-state index contributed by atoms with van der Waals surface area (Å²) in [6, 6.07) is 12.7. The third-order valence-electron chi connectivity index (χ3n) is 7.28. The predicted molar refractivity (Wildman–Crippen MR) is 178 cm³/mol. The summed E-state index contributed by atoms with van der Waals surface area (Å²) in [6.45, 7) is 11.8. The molecule has 9 nitrogen and oxygen atoms in total. The summed E-state index contributed by atoms with van der Waals surface area (Å²) >= 11 is 12.7. The van der Waals surface area contributed by atoms with E-state index in [0.717, 1.165) is 16.7 Å². The molecule has 45 heavy (non-hydrogen) atoms. The van der Waals surface area contributed by atoms with Crippen LogP contribution >= 0.6 is 23.2 Å². The van der Waals surface area contributed by atoms with Crippen LogP contribution in [-0.4, -0.2) is 56.8 Å². The Hall–Kier alpha value is -3.40. The molecule has 0 aliphatic carbocycles. The molecule has 1 amide bonds. The standard InChI is InChI=1S/C34H43Cl2N5O4/c1-33(2,3)44-31(42)29-18-23(15-16-41(29)32(43)45-34(4,5)6)38-19-21-9-7-10-22(17-21)28-20-39-30(37)27(40-28)14-13-24-25(35)11-8-12-26(24)36/h7-12,17,20,23,29,38H,13-16,18-19H2,1-6H3,(H2,37,39)/t23?,29-/m1/s1. The molecular formula is C34H43Cl2N5O4. The van der Waals surface area contributed by atoms with Crippen molar-refractivity contribution in [3.63, 3.8) is 0 Å². The smallest absolute Gasteiger partial charge is 0.411 e. The number of carbonyl (C=O) groups is 2. The largest absolute Gasteiger partial charge is 0.458 e. The average molecular weight is 657 g/mol. The minimum Gasteiger partial charge on any atom is -0.458 e. The van der Waals surface area contributed by atoms with Gasteiger partial charge in [0.1, 0.15) is 23.1 Å². The summed E-state index contributed by atoms with van der Waals surface area (Å²) in [5.74, 6) is -0.0617. The van der Waals surface area contributed by atoms with Gasteiger partial charge in [0, 0.05) is 34.7 Å². The number of carbonyl (C=O) groups excluding carboxylic acids is 2. The van der Waals surface area contributed by atoms with Gasteiger partial charge in [0.05, 0.1) is 17.6 Å². The van der Waals surface area contributed by atoms with E-state index in [1.54, 1.807) is 6.20 Å². The highest BCUT2D eigenvalue weighted by Crippen LogP contribution is 2.28. The van der Waals surface area contributed by atoms with E-state index in [9.17, 15) is 9.59 Å². The van der Waals surface area contributed by atoms with Crippen molar-refractivity contribution in [1.82, 2.24) is 20.2 Å². The fourth-order valence-electron chi connectivity index (χ4n) is 5.16. The van der Waals surface area contributed by atoms with Crippen LogP contribution in [0.15, 0.2) is 48.7 Å². The topological polar surface area (TPSA) is 120 Å². The van der Waals surface area contributed by atoms with Crippen LogP contribution in [-0.2, 0) is 33.7 Å². The van der Waals surface area contributed by atoms with Gasteiger partial charge in [-0.15, -0.1) is 0 Å². The lowest BCUT2D eigenvalue weighted by Crippen LogP contribution is -2.56. The van der Waals surface area contributed by atoms with Crippen LogP contribution in [0.4, 0.5) is 10.6 Å². The van der Waals surface area contributed by atoms with E-state index >= 15 is 0 Å². The van der Waals surface area contributed by atoms with Crippen molar-refractivity contribution in [3.8, 4) is 11.3 Å². The molecule has 2 atom stereocenters. The Bertz CT molecular complexity index is 1500. The Labute approximate surface area is 275 Å². The number of nitrogens with one attached hydrogen (secondary N) is 1. The Morgan fingerprint density at radius 1 is 1.00 bits per heavy atom. The van der Waals surface area contributed by atoms with Crippen molar-refractivity contribution < 1.29 is 19.1 Å². The van der Waals surface area contributed by atoms with Gasteiger partial charge in [0.15, 0.2) is 0 Å². The van der Waals surface area contributed by atoms with Crippen LogP contribution in [0, 0.1) is 0 Å². The number of aromatic nitrogens is 2. The summed E-state index contributed by atoms with van der Waals surface area (Å²) in [4.78, 5) is 36.9. The van der Waals surface area contributed by atoms with Crippen LogP contribution in [0.5, 0.6) is 0 Å². The number of amides is 1. The minimum atomic E-state index is -0.749. The number of nitrogens with two attached hydrogens (primary N) is 1. The van der Waals surface area contributed by atoms with Crippen molar-refractivity contribution in [2.75, 3.05) is 12.3 Å². The zero-order valence-electron chi connectivity index (χ0n) is 26.8. The first-order chi connectivity index (χ1) is 21.1. The van der Waals surface area contributed by atoms with Gasteiger partial charge in [-0.1, -0.05) is 47.5 Å². The van der Waals surface area contributed by atoms with Gasteiger partial charge in [-0.2, -0.15) is 0 Å². The van der Waals surface area contributed by atoms with E-state index in [2.05, 4.69) is 16.4 Å². The van der Waals surface area contributed by atoms with E-state index < -0.39 is 29.3 Å². The molecule has 0 bridgehead atoms. The summed E-state index contributed by atoms with van der Waals surface area (Å²) < 4.78 is 11.3. The molecule has 1 aliphatic rings. The number of rotatable bonds is 8. The fraction of sp³-hybridized carbons (Fsp3) is 0.471. The van der Waals surface area contributed by atoms with Gasteiger partial charge in [0.25, 0.3) is 0 Å². The van der Waals surface area contributed by atoms with E-state index in [0.29, 0.717) is 66.0 Å². The maximum Gasteiger partial charge on any atom is 0.411 e. The molecule has 3 N–H and O–H groups in total. The number of piperidine rings is 1. The van der Waals surface area contributed by atoms with Gasteiger partial charge < -0.3 is 20.5 Å². The number of halogens is 2. The Kier molecular flexibility index (Phi) is 11.0. The number of benzene rings is 2. The summed E-state index contributed by atoms with van der Waals surface area (Å²) in [5, 5.41) is 4.79. The van der Waals surface area contributed by atoms with Crippen LogP contribution in [0.1, 0.15) is 71.2 Å². The van der Waals surface area contributed by atoms with Crippen LogP contribution < -0.4 is 11.1 Å². The number of hydrogen-bond acceptors (Lipinski definition) is 8. The van der Waals surface area contributed by atoms with Crippen molar-refractivity contribution in [3.05, 3.63) is 75.5 Å². The number of aryl methyl sites for hydroxylation is 1. The minimum absolute atomic E-state index is 0.00980. The molecule has 0 radical (unpaired) electrons. The maximum absolute atomic E-state index is 13.2. The summed E-state index contributed by atoms with van der Waals surface area (Å²) in [6.07, 6.45) is 3.37. The lowest BCUT2D eigenvalue weighted by molar-refractivity contribution is -0.162. The van der Waals surface area contributed by atoms with Crippen LogP contribution in [0.2, 0.25) is 10.0 Å². The van der Waals surface area contributed by atoms with Gasteiger partial charge >= 0.3 is 12.1 Å². The Balaban J connectivity index is 1.44. The normalized spacial score (nSPS) is 17.2. The Morgan fingerprint density at radius 2 is 1.67 bits per heavy atom. The molecule has 242 valence electrons. The van der Waals surface area contributed by atoms with Gasteiger partial charge in [-0.3, -0.25) is 4.90 Å². The van der Waals surface area contributed by atoms with E-state index in [4.69, 9.17) is 43.4 Å². The zero-order chi connectivity index (χ0) is 32.9. The first-order valence-electron chi connectivity index (χ1n) is 15.2. The zero-order valence-corrected chi connectivity index (χ0v) is 28.3. The molecular weight excluding hydrogens is 613 g/mol. The highest BCUT2D eigenvalue weighted by Gasteiger charge is 2.40. The number of hydrogen-bond donors (Lipinski definition) is 2. The second-order valence-electron chi connectivity index (χ2n) is 13.3. The molecule has 3 aromatic rings. The monoisotopic (exact) mass is 655 g/mol. The predicted octanol–water partition coefficient (Wildman–Crippen LogP) is 7.02. The number of nitrogens with zero attached hydrogens (tertiary/aromatic N) is 3.